The van der Waals surface area contributed by atoms with Crippen LogP contribution in [0.1, 0.15) is 12.0 Å². The van der Waals surface area contributed by atoms with E-state index >= 15 is 0 Å². The molecule has 1 saturated heterocycles. The van der Waals surface area contributed by atoms with E-state index < -0.39 is 0 Å². The van der Waals surface area contributed by atoms with E-state index in [1.54, 1.807) is 12.1 Å². The first-order valence-corrected chi connectivity index (χ1v) is 5.91. The van der Waals surface area contributed by atoms with Crippen LogP contribution in [0.25, 0.3) is 0 Å². The summed E-state index contributed by atoms with van der Waals surface area (Å²) in [6.07, 6.45) is 0.313. The molecule has 3 nitrogen and oxygen atoms in total. The molecule has 4 heteroatoms. The van der Waals surface area contributed by atoms with Gasteiger partial charge in [-0.15, -0.1) is 0 Å². The maximum atomic E-state index is 11.7. The molecule has 78 valence electrons. The van der Waals surface area contributed by atoms with Gasteiger partial charge in [0.2, 0.25) is 11.8 Å². The summed E-state index contributed by atoms with van der Waals surface area (Å²) in [4.78, 5) is 24.6. The highest BCUT2D eigenvalue weighted by Gasteiger charge is 2.37. The van der Waals surface area contributed by atoms with Gasteiger partial charge in [-0.25, -0.2) is 4.90 Å². The van der Waals surface area contributed by atoms with E-state index in [0.29, 0.717) is 12.1 Å². The number of amides is 2. The maximum Gasteiger partial charge on any atom is 0.247 e. The number of hydrogen-bond acceptors (Lipinski definition) is 2. The average molecular weight is 315 g/mol. The lowest BCUT2D eigenvalue weighted by Gasteiger charge is -2.13. The van der Waals surface area contributed by atoms with Crippen molar-refractivity contribution < 1.29 is 9.59 Å². The number of benzene rings is 1. The summed E-state index contributed by atoms with van der Waals surface area (Å²) >= 11 is 2.01. The third-order valence-corrected chi connectivity index (χ3v) is 3.36. The number of imide groups is 1. The Morgan fingerprint density at radius 3 is 2.33 bits per heavy atom. The molecule has 2 amide bonds. The Morgan fingerprint density at radius 2 is 1.87 bits per heavy atom. The molecule has 1 aromatic rings. The van der Waals surface area contributed by atoms with Gasteiger partial charge in [-0.05, 0) is 19.1 Å². The number of anilines is 1. The van der Waals surface area contributed by atoms with Gasteiger partial charge in [0.05, 0.1) is 9.61 Å². The van der Waals surface area contributed by atoms with Crippen molar-refractivity contribution in [2.24, 2.45) is 0 Å². The molecule has 0 saturated carbocycles. The van der Waals surface area contributed by atoms with Crippen LogP contribution in [0.4, 0.5) is 5.69 Å². The molecule has 0 N–H and O–H groups in total. The van der Waals surface area contributed by atoms with Gasteiger partial charge in [0.15, 0.2) is 0 Å². The van der Waals surface area contributed by atoms with E-state index in [4.69, 9.17) is 0 Å². The fourth-order valence-corrected chi connectivity index (χ4v) is 2.22. The Balaban J connectivity index is 2.35. The van der Waals surface area contributed by atoms with Gasteiger partial charge in [0, 0.05) is 6.42 Å². The number of hydrogen-bond donors (Lipinski definition) is 0. The lowest BCUT2D eigenvalue weighted by molar-refractivity contribution is -0.121. The SMILES string of the molecule is Cc1ccc(N2C(=O)C[C@H](I)C2=O)cc1. The summed E-state index contributed by atoms with van der Waals surface area (Å²) in [6, 6.07) is 7.41. The number of carbonyl (C=O) groups is 2. The van der Waals surface area contributed by atoms with E-state index in [2.05, 4.69) is 0 Å². The molecule has 2 rings (SSSR count). The van der Waals surface area contributed by atoms with Gasteiger partial charge >= 0.3 is 0 Å². The zero-order valence-corrected chi connectivity index (χ0v) is 10.4. The van der Waals surface area contributed by atoms with Gasteiger partial charge in [-0.3, -0.25) is 9.59 Å². The molecule has 1 aromatic carbocycles. The first-order chi connectivity index (χ1) is 7.09. The molecule has 0 aliphatic carbocycles. The quantitative estimate of drug-likeness (QED) is 0.452. The molecule has 1 atom stereocenters. The Bertz CT molecular complexity index is 413. The van der Waals surface area contributed by atoms with Gasteiger partial charge < -0.3 is 0 Å². The van der Waals surface area contributed by atoms with E-state index in [1.165, 1.54) is 4.90 Å². The third kappa shape index (κ3) is 1.90. The summed E-state index contributed by atoms with van der Waals surface area (Å²) in [6.45, 7) is 1.97. The third-order valence-electron chi connectivity index (χ3n) is 2.38. The summed E-state index contributed by atoms with van der Waals surface area (Å²) in [5.74, 6) is -0.215. The largest absolute Gasteiger partial charge is 0.274 e. The number of aryl methyl sites for hydroxylation is 1. The van der Waals surface area contributed by atoms with E-state index in [0.717, 1.165) is 5.56 Å². The Labute approximate surface area is 102 Å². The van der Waals surface area contributed by atoms with Crippen molar-refractivity contribution in [3.8, 4) is 0 Å². The second-order valence-corrected chi connectivity index (χ2v) is 5.08. The second-order valence-electron chi connectivity index (χ2n) is 3.57. The van der Waals surface area contributed by atoms with Gasteiger partial charge in [0.25, 0.3) is 0 Å². The minimum atomic E-state index is -0.212. The van der Waals surface area contributed by atoms with Crippen molar-refractivity contribution >= 4 is 40.1 Å². The Hall–Kier alpha value is -0.910. The molecule has 0 spiro atoms. The van der Waals surface area contributed by atoms with Crippen molar-refractivity contribution in [2.45, 2.75) is 17.3 Å². The minimum absolute atomic E-state index is 0.107. The molecule has 1 aliphatic heterocycles. The number of alkyl halides is 1. The molecule has 0 bridgehead atoms. The van der Waals surface area contributed by atoms with Crippen molar-refractivity contribution in [3.63, 3.8) is 0 Å². The Kier molecular flexibility index (Phi) is 2.77. The van der Waals surface area contributed by atoms with E-state index in [9.17, 15) is 9.59 Å². The molecule has 15 heavy (non-hydrogen) atoms. The van der Waals surface area contributed by atoms with Crippen molar-refractivity contribution in [1.82, 2.24) is 0 Å². The summed E-state index contributed by atoms with van der Waals surface area (Å²) in [5, 5.41) is 0. The van der Waals surface area contributed by atoms with Crippen LogP contribution in [-0.2, 0) is 9.59 Å². The van der Waals surface area contributed by atoms with Crippen LogP contribution < -0.4 is 4.90 Å². The summed E-state index contributed by atoms with van der Waals surface area (Å²) in [7, 11) is 0. The van der Waals surface area contributed by atoms with Crippen LogP contribution in [0.2, 0.25) is 0 Å². The van der Waals surface area contributed by atoms with Crippen LogP contribution in [0.5, 0.6) is 0 Å². The van der Waals surface area contributed by atoms with E-state index in [-0.39, 0.29) is 15.7 Å². The van der Waals surface area contributed by atoms with Crippen LogP contribution in [-0.4, -0.2) is 15.7 Å². The first-order valence-electron chi connectivity index (χ1n) is 4.67. The molecule has 1 aliphatic rings. The molecule has 0 unspecified atom stereocenters. The van der Waals surface area contributed by atoms with Gasteiger partial charge in [-0.2, -0.15) is 0 Å². The summed E-state index contributed by atoms with van der Waals surface area (Å²) in [5.41, 5.74) is 1.79. The first kappa shape index (κ1) is 10.6. The van der Waals surface area contributed by atoms with Gasteiger partial charge in [-0.1, -0.05) is 40.3 Å². The Morgan fingerprint density at radius 1 is 1.27 bits per heavy atom. The van der Waals surface area contributed by atoms with Crippen LogP contribution in [0.3, 0.4) is 0 Å². The molecular weight excluding hydrogens is 305 g/mol. The molecular formula is C11H10INO2. The topological polar surface area (TPSA) is 37.4 Å². The van der Waals surface area contributed by atoms with Crippen LogP contribution in [0.15, 0.2) is 24.3 Å². The second kappa shape index (κ2) is 3.92. The zero-order valence-electron chi connectivity index (χ0n) is 8.24. The predicted molar refractivity (Wildman–Crippen MR) is 66.1 cm³/mol. The zero-order chi connectivity index (χ0) is 11.0. The fraction of sp³-hybridized carbons (Fsp3) is 0.273. The fourth-order valence-electron chi connectivity index (χ4n) is 1.56. The predicted octanol–water partition coefficient (Wildman–Crippen LogP) is 2.06. The number of halogens is 1. The lowest BCUT2D eigenvalue weighted by atomic mass is 10.2. The number of carbonyl (C=O) groups excluding carboxylic acids is 2. The number of nitrogens with zero attached hydrogens (tertiary/aromatic N) is 1. The lowest BCUT2D eigenvalue weighted by Crippen LogP contribution is -2.30. The standard InChI is InChI=1S/C11H10INO2/c1-7-2-4-8(5-3-7)13-10(14)6-9(12)11(13)15/h2-5,9H,6H2,1H3/t9-/m0/s1. The highest BCUT2D eigenvalue weighted by molar-refractivity contribution is 14.1. The minimum Gasteiger partial charge on any atom is -0.274 e. The molecule has 1 heterocycles. The monoisotopic (exact) mass is 315 g/mol. The smallest absolute Gasteiger partial charge is 0.247 e. The molecule has 1 fully saturated rings. The van der Waals surface area contributed by atoms with Crippen molar-refractivity contribution in [1.29, 1.82) is 0 Å². The normalized spacial score (nSPS) is 21.2. The van der Waals surface area contributed by atoms with E-state index in [1.807, 2.05) is 41.6 Å². The molecule has 0 radical (unpaired) electrons. The summed E-state index contributed by atoms with van der Waals surface area (Å²) < 4.78 is -0.212. The van der Waals surface area contributed by atoms with Crippen LogP contribution >= 0.6 is 22.6 Å². The van der Waals surface area contributed by atoms with Crippen molar-refractivity contribution in [3.05, 3.63) is 29.8 Å². The van der Waals surface area contributed by atoms with Gasteiger partial charge in [0.1, 0.15) is 0 Å². The molecule has 0 aromatic heterocycles. The highest BCUT2D eigenvalue weighted by Crippen LogP contribution is 2.26. The maximum absolute atomic E-state index is 11.7. The average Bonchev–Trinajstić information content (AvgIpc) is 2.44. The highest BCUT2D eigenvalue weighted by atomic mass is 127. The van der Waals surface area contributed by atoms with Crippen LogP contribution in [0, 0.1) is 6.92 Å². The number of rotatable bonds is 1. The van der Waals surface area contributed by atoms with Crippen molar-refractivity contribution in [2.75, 3.05) is 4.90 Å².